The average Bonchev–Trinajstić information content (AvgIpc) is 3.29. The SMILES string of the molecule is CC1OC(OC2C(OCCc3ccc(O)c(O)c3)OC(COC3OC(CO)C(OC4OC(CO)C(O)C(O)C4O)C(O)C3O)C(O)C2OC(=O)/C=C/c2ccc(O)c(O)c2)C(O)C(O)C1O. The zero-order chi connectivity index (χ0) is 48.1. The van der Waals surface area contributed by atoms with Crippen LogP contribution in [0.15, 0.2) is 42.5 Å². The van der Waals surface area contributed by atoms with Crippen LogP contribution >= 0.6 is 0 Å². The first-order valence-electron chi connectivity index (χ1n) is 20.7. The molecule has 0 aliphatic carbocycles. The van der Waals surface area contributed by atoms with E-state index in [2.05, 4.69) is 0 Å². The maximum Gasteiger partial charge on any atom is 0.331 e. The molecule has 0 spiro atoms. The number of benzene rings is 2. The van der Waals surface area contributed by atoms with E-state index in [9.17, 15) is 81.4 Å². The van der Waals surface area contributed by atoms with Crippen LogP contribution in [0.3, 0.4) is 0 Å². The van der Waals surface area contributed by atoms with Crippen molar-refractivity contribution in [2.24, 2.45) is 0 Å². The molecule has 20 atom stereocenters. The van der Waals surface area contributed by atoms with E-state index in [1.54, 1.807) is 0 Å². The first-order valence-corrected chi connectivity index (χ1v) is 20.7. The Hall–Kier alpha value is -3.91. The third kappa shape index (κ3) is 11.7. The van der Waals surface area contributed by atoms with Gasteiger partial charge in [0.05, 0.1) is 32.5 Å². The fourth-order valence-electron chi connectivity index (χ4n) is 7.60. The summed E-state index contributed by atoms with van der Waals surface area (Å²) in [5, 5.41) is 156. The summed E-state index contributed by atoms with van der Waals surface area (Å²) in [7, 11) is 0. The summed E-state index contributed by atoms with van der Waals surface area (Å²) in [6, 6.07) is 7.59. The predicted octanol–water partition coefficient (Wildman–Crippen LogP) is -5.37. The Morgan fingerprint density at radius 3 is 1.79 bits per heavy atom. The summed E-state index contributed by atoms with van der Waals surface area (Å²) >= 11 is 0. The van der Waals surface area contributed by atoms with Gasteiger partial charge in [0, 0.05) is 6.08 Å². The number of ether oxygens (including phenoxy) is 9. The number of hydrogen-bond donors (Lipinski definition) is 15. The van der Waals surface area contributed by atoms with Gasteiger partial charge >= 0.3 is 5.97 Å². The fraction of sp³-hybridized carbons (Fsp3) is 0.634. The lowest BCUT2D eigenvalue weighted by Gasteiger charge is -2.47. The monoisotopic (exact) mass is 948 g/mol. The number of aliphatic hydroxyl groups is 11. The second-order valence-electron chi connectivity index (χ2n) is 16.1. The lowest BCUT2D eigenvalue weighted by Crippen LogP contribution is -2.66. The molecule has 2 aromatic rings. The fourth-order valence-corrected chi connectivity index (χ4v) is 7.60. The molecule has 370 valence electrons. The van der Waals surface area contributed by atoms with Crippen LogP contribution in [-0.2, 0) is 53.8 Å². The molecule has 0 amide bonds. The van der Waals surface area contributed by atoms with Crippen LogP contribution in [0.2, 0.25) is 0 Å². The number of aromatic hydroxyl groups is 4. The van der Waals surface area contributed by atoms with E-state index in [1.807, 2.05) is 0 Å². The first kappa shape index (κ1) is 51.5. The lowest BCUT2D eigenvalue weighted by atomic mass is 9.96. The molecule has 15 N–H and O–H groups in total. The number of rotatable bonds is 16. The molecular weight excluding hydrogens is 892 g/mol. The van der Waals surface area contributed by atoms with Gasteiger partial charge in [-0.1, -0.05) is 12.1 Å². The Labute approximate surface area is 374 Å². The summed E-state index contributed by atoms with van der Waals surface area (Å²) < 4.78 is 51.8. The van der Waals surface area contributed by atoms with E-state index < -0.39 is 172 Å². The van der Waals surface area contributed by atoms with E-state index >= 15 is 0 Å². The zero-order valence-electron chi connectivity index (χ0n) is 35.0. The van der Waals surface area contributed by atoms with Crippen molar-refractivity contribution in [3.05, 3.63) is 53.6 Å². The summed E-state index contributed by atoms with van der Waals surface area (Å²) in [4.78, 5) is 13.4. The van der Waals surface area contributed by atoms with Crippen LogP contribution in [0, 0.1) is 0 Å². The molecule has 4 aliphatic heterocycles. The van der Waals surface area contributed by atoms with Crippen LogP contribution in [0.4, 0.5) is 0 Å². The van der Waals surface area contributed by atoms with E-state index in [0.717, 1.165) is 18.2 Å². The molecule has 0 saturated carbocycles. The molecular formula is C41H56O25. The highest BCUT2D eigenvalue weighted by atomic mass is 16.8. The maximum absolute atomic E-state index is 13.4. The minimum Gasteiger partial charge on any atom is -0.504 e. The van der Waals surface area contributed by atoms with Crippen molar-refractivity contribution < 1.29 is 124 Å². The smallest absolute Gasteiger partial charge is 0.331 e. The van der Waals surface area contributed by atoms with Gasteiger partial charge in [0.25, 0.3) is 0 Å². The standard InChI is InChI=1S/C41H56O25/c1-15-26(49)29(52)32(55)39(60-15)66-37-36(64-25(48)7-4-16-2-5-18(44)20(46)10-16)28(51)24(63-41(37)58-9-8-17-3-6-19(45)21(47)11-17)14-59-38-34(57)31(54)35(23(13-43)62-38)65-40-33(56)30(53)27(50)22(12-42)61-40/h2-7,10-11,15,22-24,26-47,49-57H,8-9,12-14H2,1H3/b7-4+. The molecule has 4 aliphatic rings. The Bertz CT molecular complexity index is 1920. The molecule has 20 unspecified atom stereocenters. The quantitative estimate of drug-likeness (QED) is 0.0424. The van der Waals surface area contributed by atoms with Crippen LogP contribution in [0.5, 0.6) is 23.0 Å². The molecule has 4 saturated heterocycles. The van der Waals surface area contributed by atoms with Gasteiger partial charge in [-0.25, -0.2) is 4.79 Å². The average molecular weight is 949 g/mol. The van der Waals surface area contributed by atoms with Gasteiger partial charge in [-0.05, 0) is 54.8 Å². The minimum atomic E-state index is -2.01. The number of phenolic OH excluding ortho intramolecular Hbond substituents is 4. The highest BCUT2D eigenvalue weighted by Crippen LogP contribution is 2.35. The molecule has 25 nitrogen and oxygen atoms in total. The first-order chi connectivity index (χ1) is 31.3. The Morgan fingerprint density at radius 1 is 0.561 bits per heavy atom. The second kappa shape index (κ2) is 22.5. The van der Waals surface area contributed by atoms with E-state index in [1.165, 1.54) is 37.3 Å². The Balaban J connectivity index is 1.24. The number of aliphatic hydroxyl groups excluding tert-OH is 11. The Morgan fingerprint density at radius 2 is 1.14 bits per heavy atom. The highest BCUT2D eigenvalue weighted by molar-refractivity contribution is 5.87. The predicted molar refractivity (Wildman–Crippen MR) is 212 cm³/mol. The van der Waals surface area contributed by atoms with E-state index in [4.69, 9.17) is 42.6 Å². The van der Waals surface area contributed by atoms with Crippen molar-refractivity contribution in [3.8, 4) is 23.0 Å². The normalized spacial score (nSPS) is 39.8. The van der Waals surface area contributed by atoms with Crippen LogP contribution in [0.1, 0.15) is 18.1 Å². The zero-order valence-corrected chi connectivity index (χ0v) is 35.0. The van der Waals surface area contributed by atoms with Gasteiger partial charge in [-0.15, -0.1) is 0 Å². The number of carbonyl (C=O) groups excluding carboxylic acids is 1. The highest BCUT2D eigenvalue weighted by Gasteiger charge is 2.54. The van der Waals surface area contributed by atoms with Gasteiger partial charge in [-0.2, -0.15) is 0 Å². The third-order valence-corrected chi connectivity index (χ3v) is 11.5. The summed E-state index contributed by atoms with van der Waals surface area (Å²) in [6.07, 6.45) is -32.7. The van der Waals surface area contributed by atoms with Crippen LogP contribution < -0.4 is 0 Å². The van der Waals surface area contributed by atoms with Gasteiger partial charge in [0.2, 0.25) is 0 Å². The van der Waals surface area contributed by atoms with Gasteiger partial charge in [0.15, 0.2) is 60.4 Å². The largest absolute Gasteiger partial charge is 0.504 e. The number of hydrogen-bond acceptors (Lipinski definition) is 25. The van der Waals surface area contributed by atoms with Crippen molar-refractivity contribution in [1.82, 2.24) is 0 Å². The molecule has 2 aromatic carbocycles. The number of esters is 1. The number of phenols is 4. The molecule has 0 bridgehead atoms. The van der Waals surface area contributed by atoms with Gasteiger partial charge in [0.1, 0.15) is 79.4 Å². The molecule has 0 radical (unpaired) electrons. The van der Waals surface area contributed by atoms with Crippen molar-refractivity contribution in [1.29, 1.82) is 0 Å². The van der Waals surface area contributed by atoms with Crippen LogP contribution in [-0.4, -0.2) is 232 Å². The van der Waals surface area contributed by atoms with Crippen molar-refractivity contribution >= 4 is 12.0 Å². The summed E-state index contributed by atoms with van der Waals surface area (Å²) in [5.74, 6) is -2.90. The third-order valence-electron chi connectivity index (χ3n) is 11.5. The summed E-state index contributed by atoms with van der Waals surface area (Å²) in [6.45, 7) is -1.38. The molecule has 4 fully saturated rings. The molecule has 4 heterocycles. The number of carbonyl (C=O) groups is 1. The Kier molecular flexibility index (Phi) is 17.5. The van der Waals surface area contributed by atoms with E-state index in [-0.39, 0.29) is 18.6 Å². The van der Waals surface area contributed by atoms with Gasteiger partial charge < -0.3 is 119 Å². The van der Waals surface area contributed by atoms with Crippen molar-refractivity contribution in [2.75, 3.05) is 26.4 Å². The minimum absolute atomic E-state index is 0.0379. The van der Waals surface area contributed by atoms with Crippen molar-refractivity contribution in [2.45, 2.75) is 136 Å². The van der Waals surface area contributed by atoms with E-state index in [0.29, 0.717) is 5.56 Å². The maximum atomic E-state index is 13.4. The second-order valence-corrected chi connectivity index (χ2v) is 16.1. The van der Waals surface area contributed by atoms with Gasteiger partial charge in [-0.3, -0.25) is 0 Å². The van der Waals surface area contributed by atoms with Crippen LogP contribution in [0.25, 0.3) is 6.08 Å². The summed E-state index contributed by atoms with van der Waals surface area (Å²) in [5.41, 5.74) is 0.684. The molecule has 66 heavy (non-hydrogen) atoms. The lowest BCUT2D eigenvalue weighted by molar-refractivity contribution is -0.375. The molecule has 25 heteroatoms. The molecule has 6 rings (SSSR count). The molecule has 0 aromatic heterocycles. The topological polar surface area (TPSA) is 404 Å². The van der Waals surface area contributed by atoms with Crippen molar-refractivity contribution in [3.63, 3.8) is 0 Å².